The molecule has 0 atom stereocenters. The van der Waals surface area contributed by atoms with E-state index in [-0.39, 0.29) is 17.3 Å². The molecule has 1 N–H and O–H groups in total. The minimum Gasteiger partial charge on any atom is -0.347 e. The molecule has 0 bridgehead atoms. The van der Waals surface area contributed by atoms with Crippen molar-refractivity contribution in [3.8, 4) is 0 Å². The molecular weight excluding hydrogens is 342 g/mol. The first-order valence-corrected chi connectivity index (χ1v) is 9.42. The third-order valence-corrected chi connectivity index (χ3v) is 5.63. The molecule has 0 heterocycles. The van der Waals surface area contributed by atoms with E-state index in [9.17, 15) is 18.0 Å². The molecule has 0 spiro atoms. The van der Waals surface area contributed by atoms with Crippen LogP contribution >= 0.6 is 0 Å². The van der Waals surface area contributed by atoms with Crippen molar-refractivity contribution in [2.24, 2.45) is 0 Å². The number of likely N-dealkylation sites (N-methyl/N-ethyl adjacent to an activating group) is 1. The zero-order valence-electron chi connectivity index (χ0n) is 15.0. The van der Waals surface area contributed by atoms with E-state index in [2.05, 4.69) is 5.32 Å². The van der Waals surface area contributed by atoms with Crippen molar-refractivity contribution >= 4 is 27.9 Å². The lowest BCUT2D eigenvalue weighted by atomic mass is 10.2. The molecule has 138 valence electrons. The Morgan fingerprint density at radius 3 is 2.12 bits per heavy atom. The van der Waals surface area contributed by atoms with Gasteiger partial charge in [0.15, 0.2) is 0 Å². The van der Waals surface area contributed by atoms with Crippen LogP contribution in [-0.2, 0) is 19.6 Å². The second-order valence-corrected chi connectivity index (χ2v) is 7.44. The quantitative estimate of drug-likeness (QED) is 0.693. The van der Waals surface area contributed by atoms with E-state index in [0.717, 1.165) is 0 Å². The van der Waals surface area contributed by atoms with Gasteiger partial charge in [-0.2, -0.15) is 4.31 Å². The predicted molar refractivity (Wildman–Crippen MR) is 97.3 cm³/mol. The lowest BCUT2D eigenvalue weighted by Gasteiger charge is -2.18. The van der Waals surface area contributed by atoms with Crippen molar-refractivity contribution in [3.05, 3.63) is 35.9 Å². The highest BCUT2D eigenvalue weighted by atomic mass is 32.2. The Morgan fingerprint density at radius 2 is 1.64 bits per heavy atom. The van der Waals surface area contributed by atoms with Crippen molar-refractivity contribution in [2.75, 3.05) is 33.7 Å². The van der Waals surface area contributed by atoms with Gasteiger partial charge >= 0.3 is 0 Å². The summed E-state index contributed by atoms with van der Waals surface area (Å²) in [6.45, 7) is 4.32. The minimum absolute atomic E-state index is 0.0722. The standard InChI is InChI=1S/C17H25N3O4S/c1-5-20(6-2)25(23,24)15-10-7-14(8-11-15)9-12-16(21)18-13-17(22)19(3)4/h7-12H,5-6,13H2,1-4H3,(H,18,21)/b12-9+. The second-order valence-electron chi connectivity index (χ2n) is 5.50. The van der Waals surface area contributed by atoms with E-state index in [4.69, 9.17) is 0 Å². The molecule has 0 aliphatic heterocycles. The largest absolute Gasteiger partial charge is 0.347 e. The molecule has 0 fully saturated rings. The first kappa shape index (κ1) is 20.9. The van der Waals surface area contributed by atoms with Crippen LogP contribution in [0.3, 0.4) is 0 Å². The van der Waals surface area contributed by atoms with Gasteiger partial charge in [0.2, 0.25) is 21.8 Å². The van der Waals surface area contributed by atoms with Crippen molar-refractivity contribution in [1.82, 2.24) is 14.5 Å². The number of carbonyl (C=O) groups excluding carboxylic acids is 2. The maximum absolute atomic E-state index is 12.4. The van der Waals surface area contributed by atoms with Crippen molar-refractivity contribution in [1.29, 1.82) is 0 Å². The summed E-state index contributed by atoms with van der Waals surface area (Å²) in [5, 5.41) is 2.48. The topological polar surface area (TPSA) is 86.8 Å². The number of nitrogens with zero attached hydrogens (tertiary/aromatic N) is 2. The van der Waals surface area contributed by atoms with Gasteiger partial charge in [0, 0.05) is 33.3 Å². The number of carbonyl (C=O) groups is 2. The molecule has 2 amide bonds. The fraction of sp³-hybridized carbons (Fsp3) is 0.412. The van der Waals surface area contributed by atoms with Crippen LogP contribution in [0.1, 0.15) is 19.4 Å². The highest BCUT2D eigenvalue weighted by Gasteiger charge is 2.20. The molecule has 25 heavy (non-hydrogen) atoms. The summed E-state index contributed by atoms with van der Waals surface area (Å²) < 4.78 is 26.1. The summed E-state index contributed by atoms with van der Waals surface area (Å²) in [6, 6.07) is 6.29. The van der Waals surface area contributed by atoms with Gasteiger partial charge in [-0.05, 0) is 23.8 Å². The van der Waals surface area contributed by atoms with Crippen molar-refractivity contribution < 1.29 is 18.0 Å². The highest BCUT2D eigenvalue weighted by molar-refractivity contribution is 7.89. The van der Waals surface area contributed by atoms with Gasteiger partial charge < -0.3 is 10.2 Å². The first-order valence-electron chi connectivity index (χ1n) is 7.98. The van der Waals surface area contributed by atoms with Crippen LogP contribution in [0.2, 0.25) is 0 Å². The maximum atomic E-state index is 12.4. The summed E-state index contributed by atoms with van der Waals surface area (Å²) in [5.74, 6) is -0.595. The first-order chi connectivity index (χ1) is 11.7. The van der Waals surface area contributed by atoms with E-state index in [1.807, 2.05) is 0 Å². The Labute approximate surface area is 149 Å². The van der Waals surface area contributed by atoms with E-state index in [0.29, 0.717) is 18.7 Å². The molecule has 1 rings (SSSR count). The molecule has 1 aromatic carbocycles. The Balaban J connectivity index is 2.74. The normalized spacial score (nSPS) is 11.7. The van der Waals surface area contributed by atoms with E-state index in [1.54, 1.807) is 46.2 Å². The van der Waals surface area contributed by atoms with Gasteiger partial charge in [0.1, 0.15) is 0 Å². The lowest BCUT2D eigenvalue weighted by Crippen LogP contribution is -2.35. The zero-order valence-corrected chi connectivity index (χ0v) is 15.8. The van der Waals surface area contributed by atoms with Gasteiger partial charge in [0.25, 0.3) is 0 Å². The van der Waals surface area contributed by atoms with E-state index in [1.165, 1.54) is 27.4 Å². The summed E-state index contributed by atoms with van der Waals surface area (Å²) in [7, 11) is -0.269. The molecule has 0 unspecified atom stereocenters. The smallest absolute Gasteiger partial charge is 0.244 e. The summed E-state index contributed by atoms with van der Waals surface area (Å²) in [4.78, 5) is 24.7. The fourth-order valence-electron chi connectivity index (χ4n) is 2.02. The molecule has 0 saturated carbocycles. The van der Waals surface area contributed by atoms with Crippen molar-refractivity contribution in [3.63, 3.8) is 0 Å². The number of rotatable bonds is 8. The monoisotopic (exact) mass is 367 g/mol. The molecule has 8 heteroatoms. The second kappa shape index (κ2) is 9.33. The minimum atomic E-state index is -3.49. The molecule has 0 aromatic heterocycles. The van der Waals surface area contributed by atoms with Crippen molar-refractivity contribution in [2.45, 2.75) is 18.7 Å². The van der Waals surface area contributed by atoms with Gasteiger partial charge in [-0.1, -0.05) is 26.0 Å². The van der Waals surface area contributed by atoms with Crippen LogP contribution in [0, 0.1) is 0 Å². The third-order valence-electron chi connectivity index (χ3n) is 3.56. The number of amides is 2. The van der Waals surface area contributed by atoms with Gasteiger partial charge in [0.05, 0.1) is 11.4 Å². The molecule has 0 aliphatic rings. The SMILES string of the molecule is CCN(CC)S(=O)(=O)c1ccc(/C=C/C(=O)NCC(=O)N(C)C)cc1. The van der Waals surface area contributed by atoms with Crippen LogP contribution in [0.4, 0.5) is 0 Å². The number of sulfonamides is 1. The van der Waals surface area contributed by atoms with Crippen LogP contribution in [-0.4, -0.2) is 63.2 Å². The Morgan fingerprint density at radius 1 is 1.08 bits per heavy atom. The third kappa shape index (κ3) is 5.99. The average Bonchev–Trinajstić information content (AvgIpc) is 2.58. The van der Waals surface area contributed by atoms with Gasteiger partial charge in [-0.15, -0.1) is 0 Å². The number of hydrogen-bond donors (Lipinski definition) is 1. The zero-order chi connectivity index (χ0) is 19.0. The number of hydrogen-bond acceptors (Lipinski definition) is 4. The molecule has 0 radical (unpaired) electrons. The van der Waals surface area contributed by atoms with E-state index >= 15 is 0 Å². The summed E-state index contributed by atoms with van der Waals surface area (Å²) in [6.07, 6.45) is 2.86. The highest BCUT2D eigenvalue weighted by Crippen LogP contribution is 2.16. The Kier molecular flexibility index (Phi) is 7.79. The molecule has 0 aliphatic carbocycles. The lowest BCUT2D eigenvalue weighted by molar-refractivity contribution is -0.129. The van der Waals surface area contributed by atoms with Crippen LogP contribution in [0.15, 0.2) is 35.2 Å². The molecule has 0 saturated heterocycles. The van der Waals surface area contributed by atoms with E-state index < -0.39 is 15.9 Å². The molecular formula is C17H25N3O4S. The average molecular weight is 367 g/mol. The Bertz CT molecular complexity index is 721. The molecule has 1 aromatic rings. The summed E-state index contributed by atoms with van der Waals surface area (Å²) in [5.41, 5.74) is 0.688. The Hall–Kier alpha value is -2.19. The van der Waals surface area contributed by atoms with Gasteiger partial charge in [-0.3, -0.25) is 9.59 Å². The fourth-order valence-corrected chi connectivity index (χ4v) is 3.47. The van der Waals surface area contributed by atoms with Gasteiger partial charge in [-0.25, -0.2) is 8.42 Å². The predicted octanol–water partition coefficient (Wildman–Crippen LogP) is 0.935. The number of benzene rings is 1. The van der Waals surface area contributed by atoms with Crippen LogP contribution in [0.5, 0.6) is 0 Å². The maximum Gasteiger partial charge on any atom is 0.244 e. The molecule has 7 nitrogen and oxygen atoms in total. The summed E-state index contributed by atoms with van der Waals surface area (Å²) >= 11 is 0. The number of nitrogens with one attached hydrogen (secondary N) is 1. The van der Waals surface area contributed by atoms with Crippen LogP contribution < -0.4 is 5.32 Å². The van der Waals surface area contributed by atoms with Crippen LogP contribution in [0.25, 0.3) is 6.08 Å².